The van der Waals surface area contributed by atoms with Crippen molar-refractivity contribution in [1.82, 2.24) is 0 Å². The van der Waals surface area contributed by atoms with Crippen LogP contribution in [0.15, 0.2) is 42.0 Å². The number of aliphatic hydroxyl groups excluding tert-OH is 3. The number of hydrogen-bond acceptors (Lipinski definition) is 5. The zero-order valence-corrected chi connectivity index (χ0v) is 11.3. The van der Waals surface area contributed by atoms with Crippen LogP contribution in [0, 0.1) is 0 Å². The van der Waals surface area contributed by atoms with Gasteiger partial charge in [-0.3, -0.25) is 0 Å². The van der Waals surface area contributed by atoms with Crippen LogP contribution in [0.5, 0.6) is 0 Å². The van der Waals surface area contributed by atoms with Crippen LogP contribution >= 0.6 is 0 Å². The van der Waals surface area contributed by atoms with Crippen molar-refractivity contribution >= 4 is 5.97 Å². The van der Waals surface area contributed by atoms with Crippen molar-refractivity contribution in [1.29, 1.82) is 0 Å². The van der Waals surface area contributed by atoms with E-state index in [1.807, 2.05) is 6.07 Å². The Morgan fingerprint density at radius 2 is 1.90 bits per heavy atom. The number of carbonyl (C=O) groups is 1. The summed E-state index contributed by atoms with van der Waals surface area (Å²) in [5, 5.41) is 48.8. The van der Waals surface area contributed by atoms with Gasteiger partial charge in [-0.05, 0) is 17.2 Å². The molecule has 0 heterocycles. The van der Waals surface area contributed by atoms with E-state index in [9.17, 15) is 25.2 Å². The smallest absolute Gasteiger partial charge is 0.339 e. The summed E-state index contributed by atoms with van der Waals surface area (Å²) in [5.74, 6) is -1.53. The molecule has 1 aliphatic carbocycles. The summed E-state index contributed by atoms with van der Waals surface area (Å²) < 4.78 is 0. The first-order chi connectivity index (χ1) is 9.83. The second-order valence-corrected chi connectivity index (χ2v) is 5.30. The van der Waals surface area contributed by atoms with Gasteiger partial charge in [0, 0.05) is 12.8 Å². The lowest BCUT2D eigenvalue weighted by molar-refractivity contribution is -0.159. The Labute approximate surface area is 121 Å². The number of aliphatic carboxylic acids is 1. The summed E-state index contributed by atoms with van der Waals surface area (Å²) >= 11 is 0. The molecule has 0 saturated heterocycles. The average molecular weight is 294 g/mol. The molecule has 0 saturated carbocycles. The van der Waals surface area contributed by atoms with Gasteiger partial charge in [0.1, 0.15) is 6.10 Å². The molecule has 5 N–H and O–H groups in total. The van der Waals surface area contributed by atoms with Gasteiger partial charge in [0.15, 0.2) is 5.60 Å². The van der Waals surface area contributed by atoms with E-state index < -0.39 is 36.3 Å². The van der Waals surface area contributed by atoms with E-state index in [-0.39, 0.29) is 12.0 Å². The Balaban J connectivity index is 2.26. The molecule has 1 aromatic rings. The molecule has 0 fully saturated rings. The molecule has 6 heteroatoms. The highest BCUT2D eigenvalue weighted by molar-refractivity contribution is 5.80. The molecular formula is C15H18O6. The molecule has 1 aliphatic rings. The summed E-state index contributed by atoms with van der Waals surface area (Å²) in [6.07, 6.45) is -3.49. The average Bonchev–Trinajstić information content (AvgIpc) is 2.43. The van der Waals surface area contributed by atoms with E-state index in [1.165, 1.54) is 0 Å². The molecule has 6 nitrogen and oxygen atoms in total. The van der Waals surface area contributed by atoms with Gasteiger partial charge in [-0.25, -0.2) is 4.79 Å². The minimum absolute atomic E-state index is 0.0810. The summed E-state index contributed by atoms with van der Waals surface area (Å²) in [4.78, 5) is 11.1. The topological polar surface area (TPSA) is 118 Å². The SMILES string of the molecule is O=C(O)[C@]1(O)C=C([C@H](O)Cc2ccccc2)[C@@H](O)[C@H](O)C1. The van der Waals surface area contributed by atoms with E-state index >= 15 is 0 Å². The molecule has 0 bridgehead atoms. The quantitative estimate of drug-likeness (QED) is 0.476. The fourth-order valence-corrected chi connectivity index (χ4v) is 2.47. The van der Waals surface area contributed by atoms with Crippen LogP contribution in [0.4, 0.5) is 0 Å². The predicted molar refractivity (Wildman–Crippen MR) is 73.5 cm³/mol. The van der Waals surface area contributed by atoms with Gasteiger partial charge in [-0.15, -0.1) is 0 Å². The molecule has 21 heavy (non-hydrogen) atoms. The van der Waals surface area contributed by atoms with Gasteiger partial charge >= 0.3 is 5.97 Å². The van der Waals surface area contributed by atoms with Crippen molar-refractivity contribution < 1.29 is 30.3 Å². The monoisotopic (exact) mass is 294 g/mol. The Kier molecular flexibility index (Phi) is 4.43. The zero-order valence-electron chi connectivity index (χ0n) is 11.3. The molecule has 114 valence electrons. The van der Waals surface area contributed by atoms with Crippen molar-refractivity contribution in [3.63, 3.8) is 0 Å². The normalized spacial score (nSPS) is 30.6. The molecule has 1 aromatic carbocycles. The highest BCUT2D eigenvalue weighted by Gasteiger charge is 2.44. The Morgan fingerprint density at radius 1 is 1.29 bits per heavy atom. The van der Waals surface area contributed by atoms with Gasteiger partial charge in [-0.1, -0.05) is 30.3 Å². The Morgan fingerprint density at radius 3 is 2.48 bits per heavy atom. The Bertz CT molecular complexity index is 540. The maximum Gasteiger partial charge on any atom is 0.339 e. The first-order valence-corrected chi connectivity index (χ1v) is 6.60. The fraction of sp³-hybridized carbons (Fsp3) is 0.400. The lowest BCUT2D eigenvalue weighted by Gasteiger charge is -2.35. The minimum Gasteiger partial charge on any atom is -0.479 e. The van der Waals surface area contributed by atoms with Crippen LogP contribution in [-0.2, 0) is 11.2 Å². The summed E-state index contributed by atoms with van der Waals surface area (Å²) in [7, 11) is 0. The van der Waals surface area contributed by atoms with Crippen LogP contribution < -0.4 is 0 Å². The van der Waals surface area contributed by atoms with E-state index in [2.05, 4.69) is 0 Å². The number of benzene rings is 1. The van der Waals surface area contributed by atoms with Crippen molar-refractivity contribution in [2.45, 2.75) is 36.8 Å². The van der Waals surface area contributed by atoms with Crippen molar-refractivity contribution in [2.75, 3.05) is 0 Å². The second-order valence-electron chi connectivity index (χ2n) is 5.30. The highest BCUT2D eigenvalue weighted by Crippen LogP contribution is 2.30. The van der Waals surface area contributed by atoms with Crippen molar-refractivity contribution in [2.24, 2.45) is 0 Å². The predicted octanol–water partition coefficient (Wildman–Crippen LogP) is -0.542. The van der Waals surface area contributed by atoms with Gasteiger partial charge in [-0.2, -0.15) is 0 Å². The number of aliphatic hydroxyl groups is 4. The van der Waals surface area contributed by atoms with Crippen LogP contribution in [0.2, 0.25) is 0 Å². The first kappa shape index (κ1) is 15.7. The molecule has 0 amide bonds. The van der Waals surface area contributed by atoms with Crippen LogP contribution in [0.25, 0.3) is 0 Å². The van der Waals surface area contributed by atoms with Gasteiger partial charge in [0.2, 0.25) is 0 Å². The van der Waals surface area contributed by atoms with Crippen LogP contribution in [-0.4, -0.2) is 55.4 Å². The molecule has 2 rings (SSSR count). The maximum atomic E-state index is 11.1. The van der Waals surface area contributed by atoms with Crippen LogP contribution in [0.3, 0.4) is 0 Å². The van der Waals surface area contributed by atoms with Crippen molar-refractivity contribution in [3.05, 3.63) is 47.5 Å². The van der Waals surface area contributed by atoms with Crippen LogP contribution in [0.1, 0.15) is 12.0 Å². The third-order valence-corrected chi connectivity index (χ3v) is 3.66. The van der Waals surface area contributed by atoms with E-state index in [1.54, 1.807) is 24.3 Å². The number of rotatable bonds is 4. The fourth-order valence-electron chi connectivity index (χ4n) is 2.47. The largest absolute Gasteiger partial charge is 0.479 e. The lowest BCUT2D eigenvalue weighted by Crippen LogP contribution is -2.50. The van der Waals surface area contributed by atoms with Crippen molar-refractivity contribution in [3.8, 4) is 0 Å². The molecule has 0 unspecified atom stereocenters. The number of carboxylic acid groups (broad SMARTS) is 1. The minimum atomic E-state index is -2.29. The number of hydrogen-bond donors (Lipinski definition) is 5. The second kappa shape index (κ2) is 5.95. The van der Waals surface area contributed by atoms with Gasteiger partial charge < -0.3 is 25.5 Å². The molecule has 0 aliphatic heterocycles. The summed E-state index contributed by atoms with van der Waals surface area (Å²) in [6.45, 7) is 0. The molecule has 0 spiro atoms. The number of carboxylic acids is 1. The first-order valence-electron chi connectivity index (χ1n) is 6.60. The third-order valence-electron chi connectivity index (χ3n) is 3.66. The van der Waals surface area contributed by atoms with E-state index in [4.69, 9.17) is 5.11 Å². The lowest BCUT2D eigenvalue weighted by atomic mass is 9.80. The Hall–Kier alpha value is -1.73. The highest BCUT2D eigenvalue weighted by atomic mass is 16.4. The maximum absolute atomic E-state index is 11.1. The zero-order chi connectivity index (χ0) is 15.6. The van der Waals surface area contributed by atoms with Gasteiger partial charge in [0.25, 0.3) is 0 Å². The van der Waals surface area contributed by atoms with Gasteiger partial charge in [0.05, 0.1) is 12.2 Å². The molecule has 0 aromatic heterocycles. The van der Waals surface area contributed by atoms with E-state index in [0.717, 1.165) is 11.6 Å². The molecule has 0 radical (unpaired) electrons. The third kappa shape index (κ3) is 3.30. The molecule has 4 atom stereocenters. The summed E-state index contributed by atoms with van der Waals surface area (Å²) in [6, 6.07) is 8.95. The molecular weight excluding hydrogens is 276 g/mol. The summed E-state index contributed by atoms with van der Waals surface area (Å²) in [5.41, 5.74) is -1.58. The van der Waals surface area contributed by atoms with E-state index in [0.29, 0.717) is 0 Å². The standard InChI is InChI=1S/C15H18O6/c16-11(6-9-4-2-1-3-5-9)10-7-15(21,14(19)20)8-12(17)13(10)18/h1-5,7,11-13,16-18,21H,6,8H2,(H,19,20)/t11-,12-,13-,15+/m1/s1.